The van der Waals surface area contributed by atoms with Crippen LogP contribution >= 0.6 is 35.3 Å². The summed E-state index contributed by atoms with van der Waals surface area (Å²) in [5, 5.41) is 12.1. The minimum absolute atomic E-state index is 0. The number of benzene rings is 1. The minimum Gasteiger partial charge on any atom is -0.363 e. The minimum atomic E-state index is 0. The van der Waals surface area contributed by atoms with Gasteiger partial charge in [-0.25, -0.2) is 4.98 Å². The fraction of sp³-hybridized carbons (Fsp3) is 0.263. The summed E-state index contributed by atoms with van der Waals surface area (Å²) in [6.45, 7) is 1.45. The highest BCUT2D eigenvalue weighted by Gasteiger charge is 2.08. The van der Waals surface area contributed by atoms with Gasteiger partial charge in [0, 0.05) is 39.6 Å². The molecule has 0 bridgehead atoms. The van der Waals surface area contributed by atoms with Crippen LogP contribution in [0.25, 0.3) is 10.9 Å². The number of halogens is 1. The van der Waals surface area contributed by atoms with E-state index in [1.807, 2.05) is 31.1 Å². The second-order valence-corrected chi connectivity index (χ2v) is 6.74. The summed E-state index contributed by atoms with van der Waals surface area (Å²) in [6.07, 6.45) is 0. The number of thiophene rings is 1. The lowest BCUT2D eigenvalue weighted by Gasteiger charge is -2.16. The average molecular weight is 481 g/mol. The zero-order chi connectivity index (χ0) is 17.6. The highest BCUT2D eigenvalue weighted by molar-refractivity contribution is 14.0. The van der Waals surface area contributed by atoms with Crippen LogP contribution in [-0.4, -0.2) is 32.1 Å². The molecule has 2 N–H and O–H groups in total. The number of guanidine groups is 1. The van der Waals surface area contributed by atoms with Crippen molar-refractivity contribution in [1.82, 2.24) is 15.6 Å². The highest BCUT2D eigenvalue weighted by Crippen LogP contribution is 2.21. The lowest BCUT2D eigenvalue weighted by atomic mass is 10.1. The second-order valence-electron chi connectivity index (χ2n) is 5.96. The van der Waals surface area contributed by atoms with Gasteiger partial charge in [0.15, 0.2) is 5.96 Å². The first-order valence-corrected chi connectivity index (χ1v) is 9.13. The topological polar surface area (TPSA) is 52.6 Å². The van der Waals surface area contributed by atoms with Gasteiger partial charge in [-0.1, -0.05) is 18.2 Å². The molecule has 1 aromatic carbocycles. The van der Waals surface area contributed by atoms with E-state index in [0.29, 0.717) is 6.54 Å². The molecule has 26 heavy (non-hydrogen) atoms. The van der Waals surface area contributed by atoms with Crippen LogP contribution in [-0.2, 0) is 13.1 Å². The Morgan fingerprint density at radius 2 is 1.92 bits per heavy atom. The Morgan fingerprint density at radius 1 is 1.15 bits per heavy atom. The summed E-state index contributed by atoms with van der Waals surface area (Å²) < 4.78 is 0. The van der Waals surface area contributed by atoms with Gasteiger partial charge in [0.2, 0.25) is 0 Å². The Kier molecular flexibility index (Phi) is 7.65. The summed E-state index contributed by atoms with van der Waals surface area (Å²) in [7, 11) is 5.81. The Hall–Kier alpha value is -1.87. The fourth-order valence-electron chi connectivity index (χ4n) is 2.59. The number of fused-ring (bicyclic) bond motifs is 1. The van der Waals surface area contributed by atoms with Crippen LogP contribution in [0.2, 0.25) is 0 Å². The number of nitrogens with zero attached hydrogens (tertiary/aromatic N) is 3. The van der Waals surface area contributed by atoms with Gasteiger partial charge >= 0.3 is 0 Å². The van der Waals surface area contributed by atoms with E-state index in [4.69, 9.17) is 4.98 Å². The molecule has 3 rings (SSSR count). The van der Waals surface area contributed by atoms with Crippen molar-refractivity contribution >= 4 is 58.0 Å². The van der Waals surface area contributed by atoms with E-state index >= 15 is 0 Å². The molecule has 138 valence electrons. The molecule has 0 spiro atoms. The number of aliphatic imine (C=N–C) groups is 1. The van der Waals surface area contributed by atoms with Crippen LogP contribution in [0, 0.1) is 0 Å². The first-order chi connectivity index (χ1) is 12.2. The molecule has 2 aromatic heterocycles. The van der Waals surface area contributed by atoms with Gasteiger partial charge in [0.05, 0.1) is 5.52 Å². The van der Waals surface area contributed by atoms with Crippen LogP contribution in [0.1, 0.15) is 11.1 Å². The number of pyridine rings is 1. The predicted octanol–water partition coefficient (Wildman–Crippen LogP) is 3.85. The van der Waals surface area contributed by atoms with Gasteiger partial charge in [0.1, 0.15) is 5.82 Å². The molecule has 5 nitrogen and oxygen atoms in total. The first kappa shape index (κ1) is 20.4. The van der Waals surface area contributed by atoms with Crippen LogP contribution in [0.4, 0.5) is 5.82 Å². The summed E-state index contributed by atoms with van der Waals surface area (Å²) in [6, 6.07) is 12.5. The van der Waals surface area contributed by atoms with E-state index in [0.717, 1.165) is 29.2 Å². The fourth-order valence-corrected chi connectivity index (χ4v) is 3.25. The first-order valence-electron chi connectivity index (χ1n) is 8.19. The summed E-state index contributed by atoms with van der Waals surface area (Å²) >= 11 is 1.70. The maximum absolute atomic E-state index is 4.71. The molecular formula is C19H24IN5S. The predicted molar refractivity (Wildman–Crippen MR) is 123 cm³/mol. The molecule has 3 aromatic rings. The maximum Gasteiger partial charge on any atom is 0.191 e. The highest BCUT2D eigenvalue weighted by atomic mass is 127. The number of nitrogens with one attached hydrogen (secondary N) is 2. The quantitative estimate of drug-likeness (QED) is 0.330. The van der Waals surface area contributed by atoms with Crippen molar-refractivity contribution in [2.45, 2.75) is 13.1 Å². The number of rotatable bonds is 5. The van der Waals surface area contributed by atoms with Gasteiger partial charge < -0.3 is 15.5 Å². The van der Waals surface area contributed by atoms with Gasteiger partial charge in [-0.15, -0.1) is 24.0 Å². The average Bonchev–Trinajstić information content (AvgIpc) is 3.15. The molecule has 2 heterocycles. The SMILES string of the molecule is CN=C(NCc1ccsc1)NCc1cc(N(C)C)nc2ccccc12.I. The van der Waals surface area contributed by atoms with Crippen LogP contribution in [0.5, 0.6) is 0 Å². The zero-order valence-corrected chi connectivity index (χ0v) is 18.3. The molecule has 0 unspecified atom stereocenters. The number of hydrogen-bond acceptors (Lipinski definition) is 4. The number of para-hydroxylation sites is 1. The van der Waals surface area contributed by atoms with Crippen LogP contribution in [0.15, 0.2) is 52.2 Å². The molecule has 7 heteroatoms. The molecule has 0 aliphatic carbocycles. The Bertz CT molecular complexity index is 862. The maximum atomic E-state index is 4.71. The van der Waals surface area contributed by atoms with Crippen molar-refractivity contribution in [1.29, 1.82) is 0 Å². The normalized spacial score (nSPS) is 11.1. The molecule has 0 aliphatic heterocycles. The third-order valence-corrected chi connectivity index (χ3v) is 4.69. The van der Waals surface area contributed by atoms with Crippen molar-refractivity contribution in [2.24, 2.45) is 4.99 Å². The smallest absolute Gasteiger partial charge is 0.191 e. The molecule has 0 aliphatic rings. The monoisotopic (exact) mass is 481 g/mol. The molecular weight excluding hydrogens is 457 g/mol. The lowest BCUT2D eigenvalue weighted by molar-refractivity contribution is 0.812. The molecule has 0 saturated carbocycles. The van der Waals surface area contributed by atoms with Crippen LogP contribution in [0.3, 0.4) is 0 Å². The van der Waals surface area contributed by atoms with Crippen molar-refractivity contribution in [3.8, 4) is 0 Å². The second kappa shape index (κ2) is 9.72. The third-order valence-electron chi connectivity index (χ3n) is 3.96. The third kappa shape index (κ3) is 5.07. The van der Waals surface area contributed by atoms with E-state index < -0.39 is 0 Å². The van der Waals surface area contributed by atoms with Crippen molar-refractivity contribution in [3.63, 3.8) is 0 Å². The van der Waals surface area contributed by atoms with Gasteiger partial charge in [0.25, 0.3) is 0 Å². The van der Waals surface area contributed by atoms with Crippen molar-refractivity contribution in [2.75, 3.05) is 26.0 Å². The zero-order valence-electron chi connectivity index (χ0n) is 15.2. The molecule has 0 atom stereocenters. The molecule has 0 amide bonds. The van der Waals surface area contributed by atoms with E-state index in [1.54, 1.807) is 18.4 Å². The van der Waals surface area contributed by atoms with Gasteiger partial charge in [-0.2, -0.15) is 11.3 Å². The summed E-state index contributed by atoms with van der Waals surface area (Å²) in [5.74, 6) is 1.75. The van der Waals surface area contributed by atoms with Crippen molar-refractivity contribution in [3.05, 3.63) is 58.3 Å². The van der Waals surface area contributed by atoms with Gasteiger partial charge in [-0.05, 0) is 40.1 Å². The Labute approximate surface area is 175 Å². The summed E-state index contributed by atoms with van der Waals surface area (Å²) in [4.78, 5) is 11.0. The van der Waals surface area contributed by atoms with E-state index in [1.165, 1.54) is 11.1 Å². The van der Waals surface area contributed by atoms with Gasteiger partial charge in [-0.3, -0.25) is 4.99 Å². The number of hydrogen-bond donors (Lipinski definition) is 2. The van der Waals surface area contributed by atoms with Crippen molar-refractivity contribution < 1.29 is 0 Å². The van der Waals surface area contributed by atoms with E-state index in [2.05, 4.69) is 50.7 Å². The summed E-state index contributed by atoms with van der Waals surface area (Å²) in [5.41, 5.74) is 3.47. The largest absolute Gasteiger partial charge is 0.363 e. The van der Waals surface area contributed by atoms with E-state index in [-0.39, 0.29) is 24.0 Å². The number of aromatic nitrogens is 1. The number of anilines is 1. The molecule has 0 radical (unpaired) electrons. The Morgan fingerprint density at radius 3 is 2.62 bits per heavy atom. The Balaban J connectivity index is 0.00000243. The van der Waals surface area contributed by atoms with E-state index in [9.17, 15) is 0 Å². The standard InChI is InChI=1S/C19H23N5S.HI/c1-20-19(21-11-14-8-9-25-13-14)22-12-15-10-18(24(2)3)23-17-7-5-4-6-16(15)17;/h4-10,13H,11-12H2,1-3H3,(H2,20,21,22);1H. The lowest BCUT2D eigenvalue weighted by Crippen LogP contribution is -2.36. The molecule has 0 fully saturated rings. The molecule has 0 saturated heterocycles. The van der Waals surface area contributed by atoms with Crippen LogP contribution < -0.4 is 15.5 Å².